The van der Waals surface area contributed by atoms with Crippen molar-refractivity contribution < 1.29 is 0 Å². The summed E-state index contributed by atoms with van der Waals surface area (Å²) < 4.78 is 0. The van der Waals surface area contributed by atoms with E-state index in [9.17, 15) is 0 Å². The first kappa shape index (κ1) is 60.3. The van der Waals surface area contributed by atoms with Gasteiger partial charge in [0.25, 0.3) is 0 Å². The minimum absolute atomic E-state index is 0.689. The average molecular weight is 1280 g/mol. The molecule has 468 valence electrons. The van der Waals surface area contributed by atoms with Crippen molar-refractivity contribution in [3.05, 3.63) is 377 Å². The summed E-state index contributed by atoms with van der Waals surface area (Å²) in [6.45, 7) is 0. The smallest absolute Gasteiger partial charge is 0.160 e. The number of pyridine rings is 2. The number of hydrogen-bond donors (Lipinski definition) is 0. The Kier molecular flexibility index (Phi) is 16.3. The zero-order valence-corrected chi connectivity index (χ0v) is 54.5. The molecule has 4 heterocycles. The van der Waals surface area contributed by atoms with E-state index in [1.54, 1.807) is 12.4 Å². The van der Waals surface area contributed by atoms with Crippen LogP contribution in [0.4, 0.5) is 0 Å². The van der Waals surface area contributed by atoms with E-state index in [2.05, 4.69) is 350 Å². The van der Waals surface area contributed by atoms with Crippen LogP contribution >= 0.6 is 0 Å². The Bertz CT molecular complexity index is 5990. The summed E-state index contributed by atoms with van der Waals surface area (Å²) in [7, 11) is 0. The first-order valence-electron chi connectivity index (χ1n) is 33.7. The number of hydrogen-bond acceptors (Lipinski definition) is 6. The SMILES string of the molecule is c1cncc(-c2ccc(-c3cc(-c4cccc(-c5ccc6ccccc6c5)c4)nc(-c4ccc(-c5ccc6ccccc6c5)cc4)n3)cc2)c1.c1cncc(-c2ccc(-c3cc(-c4cccc(-c5cccc6ccccc56)c4)nc(-c4ccc(-c5cccc6ccccc56)cc4)n3)cc2)c1. The zero-order valence-electron chi connectivity index (χ0n) is 54.5. The molecular formula is C94H62N6. The van der Waals surface area contributed by atoms with E-state index in [0.717, 1.165) is 101 Å². The van der Waals surface area contributed by atoms with E-state index in [-0.39, 0.29) is 0 Å². The quantitative estimate of drug-likeness (QED) is 0.121. The Morgan fingerprint density at radius 2 is 0.470 bits per heavy atom. The van der Waals surface area contributed by atoms with Crippen LogP contribution in [0.25, 0.3) is 178 Å². The first-order chi connectivity index (χ1) is 49.5. The summed E-state index contributed by atoms with van der Waals surface area (Å²) in [4.78, 5) is 29.2. The fourth-order valence-electron chi connectivity index (χ4n) is 13.5. The predicted octanol–water partition coefficient (Wildman–Crippen LogP) is 24.4. The molecule has 0 unspecified atom stereocenters. The summed E-state index contributed by atoms with van der Waals surface area (Å²) in [5.41, 5.74) is 23.4. The second-order valence-corrected chi connectivity index (χ2v) is 25.1. The lowest BCUT2D eigenvalue weighted by atomic mass is 9.96. The van der Waals surface area contributed by atoms with Gasteiger partial charge in [-0.1, -0.05) is 303 Å². The lowest BCUT2D eigenvalue weighted by Gasteiger charge is -2.12. The second-order valence-electron chi connectivity index (χ2n) is 25.1. The molecule has 0 aliphatic carbocycles. The Balaban J connectivity index is 0.000000150. The monoisotopic (exact) mass is 1270 g/mol. The minimum Gasteiger partial charge on any atom is -0.264 e. The highest BCUT2D eigenvalue weighted by atomic mass is 14.9. The van der Waals surface area contributed by atoms with Gasteiger partial charge < -0.3 is 0 Å². The molecule has 0 aliphatic rings. The molecule has 0 saturated heterocycles. The summed E-state index contributed by atoms with van der Waals surface area (Å²) in [6.07, 6.45) is 7.37. The normalized spacial score (nSPS) is 11.2. The third-order valence-electron chi connectivity index (χ3n) is 18.8. The third-order valence-corrected chi connectivity index (χ3v) is 18.8. The molecule has 14 aromatic carbocycles. The molecule has 0 saturated carbocycles. The van der Waals surface area contributed by atoms with Gasteiger partial charge in [-0.05, 0) is 158 Å². The van der Waals surface area contributed by atoms with E-state index in [1.807, 2.05) is 24.5 Å². The molecule has 4 aromatic heterocycles. The molecule has 0 N–H and O–H groups in total. The number of fused-ring (bicyclic) bond motifs is 4. The first-order valence-corrected chi connectivity index (χ1v) is 33.7. The van der Waals surface area contributed by atoms with E-state index in [4.69, 9.17) is 19.9 Å². The highest BCUT2D eigenvalue weighted by Crippen LogP contribution is 2.38. The van der Waals surface area contributed by atoms with Crippen LogP contribution in [0, 0.1) is 0 Å². The highest BCUT2D eigenvalue weighted by molar-refractivity contribution is 5.99. The number of rotatable bonds is 12. The van der Waals surface area contributed by atoms with E-state index < -0.39 is 0 Å². The van der Waals surface area contributed by atoms with Crippen LogP contribution < -0.4 is 0 Å². The predicted molar refractivity (Wildman–Crippen MR) is 415 cm³/mol. The molecule has 0 fully saturated rings. The Labute approximate surface area is 580 Å². The number of aromatic nitrogens is 6. The van der Waals surface area contributed by atoms with Gasteiger partial charge in [0.2, 0.25) is 0 Å². The van der Waals surface area contributed by atoms with Crippen molar-refractivity contribution >= 4 is 43.1 Å². The molecule has 6 nitrogen and oxygen atoms in total. The van der Waals surface area contributed by atoms with Gasteiger partial charge in [0, 0.05) is 58.2 Å². The van der Waals surface area contributed by atoms with Gasteiger partial charge in [-0.25, -0.2) is 19.9 Å². The molecule has 0 spiro atoms. The van der Waals surface area contributed by atoms with Gasteiger partial charge in [-0.2, -0.15) is 0 Å². The van der Waals surface area contributed by atoms with E-state index in [1.165, 1.54) is 65.3 Å². The second kappa shape index (κ2) is 27.0. The van der Waals surface area contributed by atoms with Crippen molar-refractivity contribution in [2.24, 2.45) is 0 Å². The molecule has 0 amide bonds. The van der Waals surface area contributed by atoms with Crippen LogP contribution in [0.1, 0.15) is 0 Å². The van der Waals surface area contributed by atoms with Crippen molar-refractivity contribution in [1.29, 1.82) is 0 Å². The summed E-state index contributed by atoms with van der Waals surface area (Å²) >= 11 is 0. The molecule has 6 heteroatoms. The van der Waals surface area contributed by atoms with E-state index in [0.29, 0.717) is 11.6 Å². The Morgan fingerprint density at radius 3 is 0.940 bits per heavy atom. The average Bonchev–Trinajstić information content (AvgIpc) is 0.939. The van der Waals surface area contributed by atoms with Crippen molar-refractivity contribution in [2.45, 2.75) is 0 Å². The maximum Gasteiger partial charge on any atom is 0.160 e. The molecule has 0 atom stereocenters. The molecule has 18 rings (SSSR count). The van der Waals surface area contributed by atoms with Gasteiger partial charge >= 0.3 is 0 Å². The lowest BCUT2D eigenvalue weighted by molar-refractivity contribution is 1.18. The molecule has 0 aliphatic heterocycles. The van der Waals surface area contributed by atoms with Crippen LogP contribution in [-0.4, -0.2) is 29.9 Å². The van der Waals surface area contributed by atoms with Gasteiger partial charge in [-0.3, -0.25) is 9.97 Å². The van der Waals surface area contributed by atoms with Crippen LogP contribution in [0.2, 0.25) is 0 Å². The maximum absolute atomic E-state index is 5.19. The number of benzene rings is 14. The highest BCUT2D eigenvalue weighted by Gasteiger charge is 2.17. The standard InChI is InChI=1S/2C47H31N3/c1-3-16-41-33(9-1)11-6-18-43(41)35-22-26-37(27-23-35)47-49-45(36-24-20-32(21-25-36)40-15-8-28-48-31-40)30-46(50-47)39-14-5-13-38(29-39)44-19-7-12-34-10-2-4-17-42(34)44;1-3-9-38-27-41(24-18-32(38)7-1)34-16-22-37(23-17-34)47-49-45(36-20-14-35(15-21-36)44-13-6-26-48-31-44)30-46(50-47)43-12-5-11-40(29-43)42-25-19-33-8-2-4-10-39(33)28-42/h2*1-31H. The molecule has 18 aromatic rings. The van der Waals surface area contributed by atoms with Crippen molar-refractivity contribution in [3.63, 3.8) is 0 Å². The topological polar surface area (TPSA) is 77.3 Å². The van der Waals surface area contributed by atoms with E-state index >= 15 is 0 Å². The summed E-state index contributed by atoms with van der Waals surface area (Å²) in [5.74, 6) is 1.38. The van der Waals surface area contributed by atoms with Crippen LogP contribution in [-0.2, 0) is 0 Å². The molecule has 100 heavy (non-hydrogen) atoms. The van der Waals surface area contributed by atoms with Crippen molar-refractivity contribution in [2.75, 3.05) is 0 Å². The largest absolute Gasteiger partial charge is 0.264 e. The van der Waals surface area contributed by atoms with Gasteiger partial charge in [0.05, 0.1) is 22.8 Å². The minimum atomic E-state index is 0.689. The van der Waals surface area contributed by atoms with Crippen LogP contribution in [0.5, 0.6) is 0 Å². The van der Waals surface area contributed by atoms with Crippen molar-refractivity contribution in [1.82, 2.24) is 29.9 Å². The Morgan fingerprint density at radius 1 is 0.160 bits per heavy atom. The van der Waals surface area contributed by atoms with Crippen molar-refractivity contribution in [3.8, 4) is 135 Å². The summed E-state index contributed by atoms with van der Waals surface area (Å²) in [6, 6.07) is 124. The zero-order chi connectivity index (χ0) is 66.6. The summed E-state index contributed by atoms with van der Waals surface area (Å²) in [5, 5.41) is 9.86. The van der Waals surface area contributed by atoms with Crippen LogP contribution in [0.15, 0.2) is 377 Å². The van der Waals surface area contributed by atoms with Gasteiger partial charge in [0.15, 0.2) is 11.6 Å². The van der Waals surface area contributed by atoms with Gasteiger partial charge in [0.1, 0.15) is 0 Å². The molecule has 0 radical (unpaired) electrons. The lowest BCUT2D eigenvalue weighted by Crippen LogP contribution is -1.96. The fraction of sp³-hybridized carbons (Fsp3) is 0. The molecule has 0 bridgehead atoms. The third kappa shape index (κ3) is 12.6. The van der Waals surface area contributed by atoms with Crippen LogP contribution in [0.3, 0.4) is 0 Å². The van der Waals surface area contributed by atoms with Gasteiger partial charge in [-0.15, -0.1) is 0 Å². The fourth-order valence-corrected chi connectivity index (χ4v) is 13.5. The maximum atomic E-state index is 5.19. The number of nitrogens with zero attached hydrogens (tertiary/aromatic N) is 6. The molecular weight excluding hydrogens is 1210 g/mol. The Hall–Kier alpha value is -13.4.